The third-order valence-electron chi connectivity index (χ3n) is 9.29. The lowest BCUT2D eigenvalue weighted by atomic mass is 10.0. The molecule has 1 saturated heterocycles. The summed E-state index contributed by atoms with van der Waals surface area (Å²) in [5.74, 6) is 3.22. The van der Waals surface area contributed by atoms with Crippen LogP contribution in [-0.4, -0.2) is 119 Å². The van der Waals surface area contributed by atoms with Gasteiger partial charge in [0, 0.05) is 55.5 Å². The molecule has 2 aliphatic heterocycles. The molecule has 3 aromatic carbocycles. The van der Waals surface area contributed by atoms with Crippen LogP contribution in [-0.2, 0) is 59.1 Å². The molecule has 2 heterocycles. The van der Waals surface area contributed by atoms with Gasteiger partial charge in [-0.05, 0) is 41.5 Å². The number of hydrazone groups is 1. The molecule has 3 N–H and O–H groups in total. The second-order valence-electron chi connectivity index (χ2n) is 13.9. The van der Waals surface area contributed by atoms with Gasteiger partial charge in [0.15, 0.2) is 0 Å². The number of rotatable bonds is 25. The number of fused-ring (bicyclic) bond motifs is 2. The van der Waals surface area contributed by atoms with Gasteiger partial charge in [-0.3, -0.25) is 28.8 Å². The van der Waals surface area contributed by atoms with Crippen LogP contribution in [0.25, 0.3) is 0 Å². The van der Waals surface area contributed by atoms with E-state index in [0.717, 1.165) is 22.4 Å². The Morgan fingerprint density at radius 3 is 1.97 bits per heavy atom. The first-order chi connectivity index (χ1) is 30.7. The number of nitrogens with zero attached hydrogens (tertiary/aromatic N) is 3. The lowest BCUT2D eigenvalue weighted by molar-refractivity contribution is -0.197. The van der Waals surface area contributed by atoms with Crippen LogP contribution < -0.4 is 21.0 Å². The van der Waals surface area contributed by atoms with E-state index in [9.17, 15) is 33.6 Å². The number of hydrogen-bond donors (Lipinski definition) is 3. The maximum Gasteiger partial charge on any atom is 0.334 e. The first-order valence-electron chi connectivity index (χ1n) is 20.5. The maximum atomic E-state index is 13.3. The van der Waals surface area contributed by atoms with Crippen molar-refractivity contribution in [3.8, 4) is 11.8 Å². The average molecular weight is 867 g/mol. The Bertz CT molecular complexity index is 2150. The highest BCUT2D eigenvalue weighted by Gasteiger charge is 2.32. The predicted molar refractivity (Wildman–Crippen MR) is 226 cm³/mol. The van der Waals surface area contributed by atoms with Crippen molar-refractivity contribution < 1.29 is 57.3 Å². The Labute approximate surface area is 364 Å². The lowest BCUT2D eigenvalue weighted by Crippen LogP contribution is -2.34. The van der Waals surface area contributed by atoms with Gasteiger partial charge in [0.25, 0.3) is 17.7 Å². The van der Waals surface area contributed by atoms with E-state index in [-0.39, 0.29) is 69.4 Å². The molecule has 0 radical (unpaired) electrons. The third-order valence-corrected chi connectivity index (χ3v) is 9.29. The van der Waals surface area contributed by atoms with Gasteiger partial charge in [0.05, 0.1) is 84.1 Å². The molecule has 5 rings (SSSR count). The van der Waals surface area contributed by atoms with Crippen molar-refractivity contribution >= 4 is 53.3 Å². The van der Waals surface area contributed by atoms with E-state index in [0.29, 0.717) is 75.5 Å². The van der Waals surface area contributed by atoms with Gasteiger partial charge in [-0.15, -0.1) is 5.06 Å². The van der Waals surface area contributed by atoms with Crippen LogP contribution in [0.3, 0.4) is 0 Å². The fourth-order valence-electron chi connectivity index (χ4n) is 5.98. The summed E-state index contributed by atoms with van der Waals surface area (Å²) in [7, 11) is 0. The molecule has 6 amide bonds. The molecule has 0 atom stereocenters. The molecule has 18 heteroatoms. The van der Waals surface area contributed by atoms with Crippen LogP contribution >= 0.6 is 0 Å². The summed E-state index contributed by atoms with van der Waals surface area (Å²) in [6.45, 7) is 3.12. The van der Waals surface area contributed by atoms with E-state index in [2.05, 4.69) is 33.0 Å². The van der Waals surface area contributed by atoms with Gasteiger partial charge in [-0.2, -0.15) is 5.10 Å². The molecule has 0 unspecified atom stereocenters. The quantitative estimate of drug-likeness (QED) is 0.0367. The Kier molecular flexibility index (Phi) is 19.4. The standard InChI is InChI=1S/C45H50N6O12/c52-39(15-16-41(54)50-32-37-7-2-1-5-34(37)13-14-35-6-3-4-8-38(35)50)46-22-24-60-26-28-62-30-29-61-27-25-59-23-20-40(53)49-48-31-33-9-11-36(12-10-33)45(58)47-21-19-44(57)63-51-42(55)17-18-43(51)56/h1-12,31H,15-30,32H2,(H,46,52)(H,47,58)(H,49,53)/b48-31+. The number of hydroxylamine groups is 2. The van der Waals surface area contributed by atoms with E-state index >= 15 is 0 Å². The Morgan fingerprint density at radius 2 is 1.25 bits per heavy atom. The van der Waals surface area contributed by atoms with Crippen molar-refractivity contribution in [3.05, 3.63) is 101 Å². The predicted octanol–water partition coefficient (Wildman–Crippen LogP) is 2.16. The first-order valence-corrected chi connectivity index (χ1v) is 20.5. The second-order valence-corrected chi connectivity index (χ2v) is 13.9. The minimum atomic E-state index is -0.816. The second kappa shape index (κ2) is 25.9. The number of amides is 6. The summed E-state index contributed by atoms with van der Waals surface area (Å²) in [4.78, 5) is 91.6. The van der Waals surface area contributed by atoms with Crippen molar-refractivity contribution in [3.63, 3.8) is 0 Å². The van der Waals surface area contributed by atoms with Crippen LogP contribution in [0.1, 0.15) is 71.1 Å². The van der Waals surface area contributed by atoms with Crippen molar-refractivity contribution in [2.75, 3.05) is 70.8 Å². The highest BCUT2D eigenvalue weighted by molar-refractivity contribution is 6.01. The molecule has 2 aliphatic rings. The molecule has 0 aromatic heterocycles. The maximum absolute atomic E-state index is 13.3. The van der Waals surface area contributed by atoms with Gasteiger partial charge >= 0.3 is 5.97 Å². The Balaban J connectivity index is 0.801. The van der Waals surface area contributed by atoms with Crippen molar-refractivity contribution in [2.45, 2.75) is 45.1 Å². The molecule has 63 heavy (non-hydrogen) atoms. The largest absolute Gasteiger partial charge is 0.379 e. The highest BCUT2D eigenvalue weighted by Crippen LogP contribution is 2.26. The van der Waals surface area contributed by atoms with Crippen LogP contribution in [0.5, 0.6) is 0 Å². The number of para-hydroxylation sites is 1. The minimum Gasteiger partial charge on any atom is -0.379 e. The number of carbonyl (C=O) groups excluding carboxylic acids is 7. The number of ether oxygens (including phenoxy) is 4. The molecule has 0 saturated carbocycles. The van der Waals surface area contributed by atoms with Gasteiger partial charge in [0.1, 0.15) is 0 Å². The summed E-state index contributed by atoms with van der Waals surface area (Å²) < 4.78 is 21.9. The smallest absolute Gasteiger partial charge is 0.334 e. The van der Waals surface area contributed by atoms with E-state index < -0.39 is 23.7 Å². The number of anilines is 1. The van der Waals surface area contributed by atoms with E-state index in [4.69, 9.17) is 23.8 Å². The zero-order valence-corrected chi connectivity index (χ0v) is 34.8. The van der Waals surface area contributed by atoms with Crippen molar-refractivity contribution in [1.82, 2.24) is 21.1 Å². The normalized spacial score (nSPS) is 13.0. The van der Waals surface area contributed by atoms with E-state index in [1.807, 2.05) is 48.5 Å². The summed E-state index contributed by atoms with van der Waals surface area (Å²) in [6.07, 6.45) is 1.38. The van der Waals surface area contributed by atoms with Crippen LogP contribution in [0.2, 0.25) is 0 Å². The molecular formula is C45H50N6O12. The number of benzene rings is 3. The van der Waals surface area contributed by atoms with Crippen LogP contribution in [0.15, 0.2) is 77.9 Å². The summed E-state index contributed by atoms with van der Waals surface area (Å²) in [6, 6.07) is 21.6. The van der Waals surface area contributed by atoms with Crippen molar-refractivity contribution in [2.24, 2.45) is 5.10 Å². The highest BCUT2D eigenvalue weighted by atomic mass is 16.7. The Hall–Kier alpha value is -6.78. The molecule has 3 aromatic rings. The van der Waals surface area contributed by atoms with Crippen molar-refractivity contribution in [1.29, 1.82) is 0 Å². The summed E-state index contributed by atoms with van der Waals surface area (Å²) in [5, 5.41) is 9.71. The van der Waals surface area contributed by atoms with Crippen LogP contribution in [0, 0.1) is 11.8 Å². The lowest BCUT2D eigenvalue weighted by Gasteiger charge is -2.26. The van der Waals surface area contributed by atoms with Gasteiger partial charge in [-0.25, -0.2) is 10.2 Å². The molecule has 0 bridgehead atoms. The fraction of sp³-hybridized carbons (Fsp3) is 0.378. The zero-order chi connectivity index (χ0) is 44.7. The Morgan fingerprint density at radius 1 is 0.635 bits per heavy atom. The van der Waals surface area contributed by atoms with Gasteiger partial charge in [0.2, 0.25) is 17.7 Å². The molecule has 1 fully saturated rings. The number of nitrogens with one attached hydrogen (secondary N) is 3. The SMILES string of the molecule is O=C(CCC(=O)N1Cc2ccccc2C#Cc2ccccc21)NCCOCCOCCOCCOCCC(=O)N/N=C/c1ccc(C(=O)NCCC(=O)ON2C(=O)CCC2=O)cc1. The average Bonchev–Trinajstić information content (AvgIpc) is 3.59. The number of carbonyl (C=O) groups is 7. The molecule has 0 aliphatic carbocycles. The number of hydrogen-bond acceptors (Lipinski definition) is 13. The molecule has 332 valence electrons. The summed E-state index contributed by atoms with van der Waals surface area (Å²) in [5.41, 5.74) is 6.68. The monoisotopic (exact) mass is 866 g/mol. The molecule has 0 spiro atoms. The summed E-state index contributed by atoms with van der Waals surface area (Å²) >= 11 is 0. The topological polar surface area (TPSA) is 221 Å². The first kappa shape index (κ1) is 47.3. The number of imide groups is 1. The van der Waals surface area contributed by atoms with Gasteiger partial charge < -0.3 is 39.3 Å². The third kappa shape index (κ3) is 16.2. The van der Waals surface area contributed by atoms with Crippen LogP contribution in [0.4, 0.5) is 5.69 Å². The van der Waals surface area contributed by atoms with E-state index in [1.54, 1.807) is 29.2 Å². The zero-order valence-electron chi connectivity index (χ0n) is 34.8. The molecular weight excluding hydrogens is 817 g/mol. The molecule has 18 nitrogen and oxygen atoms in total. The van der Waals surface area contributed by atoms with Gasteiger partial charge in [-0.1, -0.05) is 54.3 Å². The fourth-order valence-corrected chi connectivity index (χ4v) is 5.98. The van der Waals surface area contributed by atoms with E-state index in [1.165, 1.54) is 6.21 Å². The minimum absolute atomic E-state index is 0.00488.